The second-order valence-electron chi connectivity index (χ2n) is 5.71. The normalized spacial score (nSPS) is 11.0. The summed E-state index contributed by atoms with van der Waals surface area (Å²) in [5, 5.41) is 3.43. The van der Waals surface area contributed by atoms with E-state index in [-0.39, 0.29) is 0 Å². The number of hydrogen-bond donors (Lipinski definition) is 1. The third-order valence-electron chi connectivity index (χ3n) is 4.02. The van der Waals surface area contributed by atoms with Crippen molar-refractivity contribution in [3.05, 3.63) is 116 Å². The third-order valence-corrected chi connectivity index (χ3v) is 4.02. The Labute approximate surface area is 149 Å². The lowest BCUT2D eigenvalue weighted by atomic mass is 10.0. The molecular weight excluding hydrogens is 302 g/mol. The van der Waals surface area contributed by atoms with Gasteiger partial charge >= 0.3 is 0 Å². The van der Waals surface area contributed by atoms with Gasteiger partial charge in [0, 0.05) is 11.4 Å². The maximum Gasteiger partial charge on any atom is 0.0384 e. The van der Waals surface area contributed by atoms with Crippen molar-refractivity contribution in [1.29, 1.82) is 0 Å². The molecule has 0 saturated carbocycles. The van der Waals surface area contributed by atoms with E-state index in [4.69, 9.17) is 0 Å². The van der Waals surface area contributed by atoms with Crippen molar-refractivity contribution in [3.63, 3.8) is 0 Å². The van der Waals surface area contributed by atoms with E-state index in [0.717, 1.165) is 22.5 Å². The van der Waals surface area contributed by atoms with Gasteiger partial charge in [0.2, 0.25) is 0 Å². The fourth-order valence-corrected chi connectivity index (χ4v) is 2.70. The summed E-state index contributed by atoms with van der Waals surface area (Å²) in [4.78, 5) is 0. The van der Waals surface area contributed by atoms with Crippen LogP contribution in [0.1, 0.15) is 5.56 Å². The lowest BCUT2D eigenvalue weighted by molar-refractivity contribution is 1.52. The van der Waals surface area contributed by atoms with E-state index in [1.165, 1.54) is 11.1 Å². The fraction of sp³-hybridized carbons (Fsp3) is 0. The molecule has 0 amide bonds. The molecule has 3 rings (SSSR count). The molecule has 1 heteroatoms. The number of allylic oxidation sites excluding steroid dienone is 4. The van der Waals surface area contributed by atoms with Gasteiger partial charge in [-0.25, -0.2) is 0 Å². The Morgan fingerprint density at radius 1 is 0.680 bits per heavy atom. The Morgan fingerprint density at radius 3 is 1.80 bits per heavy atom. The number of anilines is 2. The molecule has 3 aromatic rings. The van der Waals surface area contributed by atoms with Gasteiger partial charge in [0.1, 0.15) is 0 Å². The van der Waals surface area contributed by atoms with Gasteiger partial charge < -0.3 is 5.32 Å². The van der Waals surface area contributed by atoms with E-state index in [9.17, 15) is 0 Å². The first-order valence-electron chi connectivity index (χ1n) is 8.28. The predicted molar refractivity (Wildman–Crippen MR) is 110 cm³/mol. The smallest absolute Gasteiger partial charge is 0.0384 e. The summed E-state index contributed by atoms with van der Waals surface area (Å²) >= 11 is 0. The summed E-state index contributed by atoms with van der Waals surface area (Å²) in [5.41, 5.74) is 6.75. The van der Waals surface area contributed by atoms with Crippen LogP contribution in [-0.4, -0.2) is 0 Å². The van der Waals surface area contributed by atoms with Crippen LogP contribution in [0.3, 0.4) is 0 Å². The van der Waals surface area contributed by atoms with Crippen molar-refractivity contribution in [2.24, 2.45) is 0 Å². The predicted octanol–water partition coefficient (Wildman–Crippen LogP) is 6.85. The van der Waals surface area contributed by atoms with E-state index in [2.05, 4.69) is 91.3 Å². The zero-order valence-corrected chi connectivity index (χ0v) is 14.2. The monoisotopic (exact) mass is 323 g/mol. The van der Waals surface area contributed by atoms with E-state index < -0.39 is 0 Å². The van der Waals surface area contributed by atoms with Gasteiger partial charge in [-0.1, -0.05) is 86.0 Å². The van der Waals surface area contributed by atoms with Gasteiger partial charge in [-0.3, -0.25) is 0 Å². The first kappa shape index (κ1) is 16.5. The average molecular weight is 323 g/mol. The van der Waals surface area contributed by atoms with Crippen molar-refractivity contribution >= 4 is 16.9 Å². The zero-order valence-electron chi connectivity index (χ0n) is 14.2. The molecule has 0 bridgehead atoms. The molecule has 0 aromatic heterocycles. The highest BCUT2D eigenvalue weighted by Crippen LogP contribution is 2.24. The van der Waals surface area contributed by atoms with E-state index in [0.29, 0.717) is 0 Å². The van der Waals surface area contributed by atoms with Crippen LogP contribution in [0, 0.1) is 0 Å². The molecule has 0 fully saturated rings. The largest absolute Gasteiger partial charge is 0.356 e. The Bertz CT molecular complexity index is 870. The Kier molecular flexibility index (Phi) is 5.28. The highest BCUT2D eigenvalue weighted by molar-refractivity contribution is 5.76. The van der Waals surface area contributed by atoms with Crippen molar-refractivity contribution in [3.8, 4) is 11.1 Å². The summed E-state index contributed by atoms with van der Waals surface area (Å²) in [6.45, 7) is 7.59. The minimum absolute atomic E-state index is 1.05. The lowest BCUT2D eigenvalue weighted by Gasteiger charge is -2.09. The molecule has 0 atom stereocenters. The minimum atomic E-state index is 1.05. The van der Waals surface area contributed by atoms with Crippen molar-refractivity contribution < 1.29 is 0 Å². The molecule has 0 saturated heterocycles. The number of nitrogens with one attached hydrogen (secondary N) is 1. The molecule has 1 N–H and O–H groups in total. The molecule has 0 unspecified atom stereocenters. The zero-order chi connectivity index (χ0) is 17.5. The Balaban J connectivity index is 1.73. The summed E-state index contributed by atoms with van der Waals surface area (Å²) in [6, 6.07) is 27.2. The van der Waals surface area contributed by atoms with Crippen molar-refractivity contribution in [1.82, 2.24) is 0 Å². The van der Waals surface area contributed by atoms with E-state index >= 15 is 0 Å². The second-order valence-corrected chi connectivity index (χ2v) is 5.71. The standard InChI is InChI=1S/C24H21N/c1-3-8-19(4-2)21-11-15-23(16-12-21)25-24-17-13-22(14-18-24)20-9-6-5-7-10-20/h3-18,25H,1-2H2. The van der Waals surface area contributed by atoms with Crippen molar-refractivity contribution in [2.45, 2.75) is 0 Å². The van der Waals surface area contributed by atoms with Gasteiger partial charge in [-0.05, 0) is 46.5 Å². The molecule has 0 radical (unpaired) electrons. The molecule has 0 heterocycles. The molecule has 3 aromatic carbocycles. The first-order valence-corrected chi connectivity index (χ1v) is 8.28. The Morgan fingerprint density at radius 2 is 1.24 bits per heavy atom. The van der Waals surface area contributed by atoms with Crippen LogP contribution in [0.4, 0.5) is 11.4 Å². The van der Waals surface area contributed by atoms with Crippen LogP contribution in [0.15, 0.2) is 110 Å². The molecule has 0 aliphatic carbocycles. The van der Waals surface area contributed by atoms with Gasteiger partial charge in [-0.2, -0.15) is 0 Å². The molecule has 0 aliphatic heterocycles. The van der Waals surface area contributed by atoms with Crippen LogP contribution < -0.4 is 5.32 Å². The Hall–Kier alpha value is -3.32. The summed E-state index contributed by atoms with van der Waals surface area (Å²) in [6.07, 6.45) is 5.57. The highest BCUT2D eigenvalue weighted by Gasteiger charge is 2.00. The van der Waals surface area contributed by atoms with Gasteiger partial charge in [-0.15, -0.1) is 0 Å². The maximum absolute atomic E-state index is 3.85. The molecule has 1 nitrogen and oxygen atoms in total. The molecule has 0 aliphatic rings. The summed E-state index contributed by atoms with van der Waals surface area (Å²) in [5.74, 6) is 0. The van der Waals surface area contributed by atoms with E-state index in [1.54, 1.807) is 6.08 Å². The first-order chi connectivity index (χ1) is 12.3. The lowest BCUT2D eigenvalue weighted by Crippen LogP contribution is -1.90. The van der Waals surface area contributed by atoms with Crippen LogP contribution in [0.25, 0.3) is 16.7 Å². The van der Waals surface area contributed by atoms with Crippen LogP contribution >= 0.6 is 0 Å². The fourth-order valence-electron chi connectivity index (χ4n) is 2.70. The van der Waals surface area contributed by atoms with Gasteiger partial charge in [0.05, 0.1) is 0 Å². The minimum Gasteiger partial charge on any atom is -0.356 e. The maximum atomic E-state index is 3.85. The topological polar surface area (TPSA) is 12.0 Å². The number of hydrogen-bond acceptors (Lipinski definition) is 1. The van der Waals surface area contributed by atoms with Gasteiger partial charge in [0.25, 0.3) is 0 Å². The van der Waals surface area contributed by atoms with E-state index in [1.807, 2.05) is 18.2 Å². The quantitative estimate of drug-likeness (QED) is 0.489. The second kappa shape index (κ2) is 7.98. The molecule has 122 valence electrons. The molecule has 0 spiro atoms. The number of rotatable bonds is 6. The molecular formula is C24H21N. The highest BCUT2D eigenvalue weighted by atomic mass is 14.9. The van der Waals surface area contributed by atoms with Crippen LogP contribution in [-0.2, 0) is 0 Å². The average Bonchev–Trinajstić information content (AvgIpc) is 2.68. The third kappa shape index (κ3) is 4.15. The van der Waals surface area contributed by atoms with Crippen LogP contribution in [0.5, 0.6) is 0 Å². The van der Waals surface area contributed by atoms with Crippen LogP contribution in [0.2, 0.25) is 0 Å². The summed E-state index contributed by atoms with van der Waals surface area (Å²) in [7, 11) is 0. The number of benzene rings is 3. The van der Waals surface area contributed by atoms with Gasteiger partial charge in [0.15, 0.2) is 0 Å². The SMILES string of the molecule is C=CC=C(C=C)c1ccc(Nc2ccc(-c3ccccc3)cc2)cc1. The summed E-state index contributed by atoms with van der Waals surface area (Å²) < 4.78 is 0. The van der Waals surface area contributed by atoms with Crippen molar-refractivity contribution in [2.75, 3.05) is 5.32 Å². The molecule has 25 heavy (non-hydrogen) atoms.